The molecule has 0 spiro atoms. The zero-order valence-corrected chi connectivity index (χ0v) is 11.7. The Morgan fingerprint density at radius 3 is 2.89 bits per heavy atom. The van der Waals surface area contributed by atoms with Gasteiger partial charge in [0.15, 0.2) is 0 Å². The second kappa shape index (κ2) is 6.06. The lowest BCUT2D eigenvalue weighted by atomic mass is 10.1. The van der Waals surface area contributed by atoms with Crippen molar-refractivity contribution in [2.45, 2.75) is 32.8 Å². The zero-order valence-electron chi connectivity index (χ0n) is 11.7. The van der Waals surface area contributed by atoms with E-state index >= 15 is 0 Å². The smallest absolute Gasteiger partial charge is 0.236 e. The summed E-state index contributed by atoms with van der Waals surface area (Å²) in [6.07, 6.45) is 2.04. The molecular weight excluding hydrogens is 240 g/mol. The molecule has 19 heavy (non-hydrogen) atoms. The predicted molar refractivity (Wildman–Crippen MR) is 75.2 cm³/mol. The van der Waals surface area contributed by atoms with Gasteiger partial charge >= 0.3 is 0 Å². The number of amides is 1. The lowest BCUT2D eigenvalue weighted by Crippen LogP contribution is -2.46. The van der Waals surface area contributed by atoms with Gasteiger partial charge in [-0.05, 0) is 49.9 Å². The largest absolute Gasteiger partial charge is 0.489 e. The molecule has 2 N–H and O–H groups in total. The lowest BCUT2D eigenvalue weighted by Gasteiger charge is -2.32. The normalized spacial score (nSPS) is 19.3. The van der Waals surface area contributed by atoms with E-state index in [1.54, 1.807) is 4.90 Å². The third-order valence-electron chi connectivity index (χ3n) is 3.69. The van der Waals surface area contributed by atoms with E-state index in [0.717, 1.165) is 25.1 Å². The molecule has 4 nitrogen and oxygen atoms in total. The van der Waals surface area contributed by atoms with Crippen LogP contribution < -0.4 is 10.5 Å². The van der Waals surface area contributed by atoms with E-state index in [1.165, 1.54) is 11.1 Å². The van der Waals surface area contributed by atoms with E-state index in [4.69, 9.17) is 10.5 Å². The Kier molecular flexibility index (Phi) is 4.43. The molecule has 1 heterocycles. The van der Waals surface area contributed by atoms with Gasteiger partial charge in [-0.15, -0.1) is 0 Å². The molecule has 1 aliphatic rings. The minimum atomic E-state index is 0.00777. The maximum Gasteiger partial charge on any atom is 0.236 e. The van der Waals surface area contributed by atoms with Gasteiger partial charge in [0.2, 0.25) is 5.91 Å². The highest BCUT2D eigenvalue weighted by molar-refractivity contribution is 5.78. The Morgan fingerprint density at radius 2 is 2.21 bits per heavy atom. The fourth-order valence-corrected chi connectivity index (χ4v) is 2.37. The van der Waals surface area contributed by atoms with Crippen LogP contribution in [0.25, 0.3) is 0 Å². The molecule has 0 aromatic heterocycles. The maximum atomic E-state index is 11.6. The number of carbonyl (C=O) groups is 1. The van der Waals surface area contributed by atoms with Crippen LogP contribution in [0.3, 0.4) is 0 Å². The molecule has 1 aromatic carbocycles. The van der Waals surface area contributed by atoms with Crippen molar-refractivity contribution in [2.75, 3.05) is 19.6 Å². The summed E-state index contributed by atoms with van der Waals surface area (Å²) in [6, 6.07) is 6.11. The van der Waals surface area contributed by atoms with Crippen molar-refractivity contribution in [2.24, 2.45) is 5.73 Å². The van der Waals surface area contributed by atoms with E-state index in [2.05, 4.69) is 26.0 Å². The second-order valence-electron chi connectivity index (χ2n) is 5.17. The first-order valence-corrected chi connectivity index (χ1v) is 6.82. The number of likely N-dealkylation sites (tertiary alicyclic amines) is 1. The maximum absolute atomic E-state index is 11.6. The van der Waals surface area contributed by atoms with Gasteiger partial charge < -0.3 is 15.4 Å². The highest BCUT2D eigenvalue weighted by Gasteiger charge is 2.24. The zero-order chi connectivity index (χ0) is 13.8. The van der Waals surface area contributed by atoms with Crippen LogP contribution in [-0.4, -0.2) is 36.5 Å². The molecule has 1 fully saturated rings. The molecule has 0 aliphatic carbocycles. The number of carbonyl (C=O) groups excluding carboxylic acids is 1. The SMILES string of the molecule is Cc1ccc(OC2CCCN(C(=O)CN)C2)cc1C. The van der Waals surface area contributed by atoms with Gasteiger partial charge in [-0.2, -0.15) is 0 Å². The van der Waals surface area contributed by atoms with Crippen LogP contribution in [0.4, 0.5) is 0 Å². The molecule has 1 unspecified atom stereocenters. The molecule has 0 saturated carbocycles. The predicted octanol–water partition coefficient (Wildman–Crippen LogP) is 1.63. The van der Waals surface area contributed by atoms with Gasteiger partial charge in [0, 0.05) is 6.54 Å². The molecule has 2 rings (SSSR count). The van der Waals surface area contributed by atoms with Crippen molar-refractivity contribution in [1.82, 2.24) is 4.90 Å². The van der Waals surface area contributed by atoms with Crippen molar-refractivity contribution in [3.05, 3.63) is 29.3 Å². The molecule has 1 amide bonds. The molecule has 0 bridgehead atoms. The minimum absolute atomic E-state index is 0.00777. The van der Waals surface area contributed by atoms with Crippen molar-refractivity contribution in [3.8, 4) is 5.75 Å². The van der Waals surface area contributed by atoms with E-state index in [1.807, 2.05) is 6.07 Å². The monoisotopic (exact) mass is 262 g/mol. The van der Waals surface area contributed by atoms with Crippen LogP contribution in [0.15, 0.2) is 18.2 Å². The first kappa shape index (κ1) is 13.9. The number of nitrogens with zero attached hydrogens (tertiary/aromatic N) is 1. The van der Waals surface area contributed by atoms with Gasteiger partial charge in [-0.25, -0.2) is 0 Å². The van der Waals surface area contributed by atoms with Gasteiger partial charge in [0.05, 0.1) is 13.1 Å². The molecule has 4 heteroatoms. The third kappa shape index (κ3) is 3.47. The van der Waals surface area contributed by atoms with Crippen molar-refractivity contribution in [1.29, 1.82) is 0 Å². The molecule has 104 valence electrons. The molecule has 1 atom stereocenters. The number of benzene rings is 1. The lowest BCUT2D eigenvalue weighted by molar-refractivity contribution is -0.132. The summed E-state index contributed by atoms with van der Waals surface area (Å²) in [6.45, 7) is 5.68. The highest BCUT2D eigenvalue weighted by atomic mass is 16.5. The minimum Gasteiger partial charge on any atom is -0.489 e. The van der Waals surface area contributed by atoms with Crippen LogP contribution in [0.1, 0.15) is 24.0 Å². The van der Waals surface area contributed by atoms with Crippen LogP contribution in [0.5, 0.6) is 5.75 Å². The van der Waals surface area contributed by atoms with Crippen LogP contribution >= 0.6 is 0 Å². The number of hydrogen-bond acceptors (Lipinski definition) is 3. The van der Waals surface area contributed by atoms with Crippen LogP contribution in [0.2, 0.25) is 0 Å². The molecule has 1 aromatic rings. The summed E-state index contributed by atoms with van der Waals surface area (Å²) in [7, 11) is 0. The van der Waals surface area contributed by atoms with Crippen LogP contribution in [-0.2, 0) is 4.79 Å². The second-order valence-corrected chi connectivity index (χ2v) is 5.17. The standard InChI is InChI=1S/C15H22N2O2/c1-11-5-6-13(8-12(11)2)19-14-4-3-7-17(10-14)15(18)9-16/h5-6,8,14H,3-4,7,9-10,16H2,1-2H3. The van der Waals surface area contributed by atoms with Crippen molar-refractivity contribution in [3.63, 3.8) is 0 Å². The summed E-state index contributed by atoms with van der Waals surface area (Å²) in [5.74, 6) is 0.892. The number of piperidine rings is 1. The van der Waals surface area contributed by atoms with Gasteiger partial charge in [0.25, 0.3) is 0 Å². The van der Waals surface area contributed by atoms with Crippen LogP contribution in [0, 0.1) is 13.8 Å². The fourth-order valence-electron chi connectivity index (χ4n) is 2.37. The van der Waals surface area contributed by atoms with E-state index < -0.39 is 0 Å². The number of nitrogens with two attached hydrogens (primary N) is 1. The van der Waals surface area contributed by atoms with E-state index in [-0.39, 0.29) is 18.6 Å². The topological polar surface area (TPSA) is 55.6 Å². The average molecular weight is 262 g/mol. The summed E-state index contributed by atoms with van der Waals surface area (Å²) in [5, 5.41) is 0. The summed E-state index contributed by atoms with van der Waals surface area (Å²) < 4.78 is 5.98. The quantitative estimate of drug-likeness (QED) is 0.901. The number of ether oxygens (including phenoxy) is 1. The van der Waals surface area contributed by atoms with E-state index in [9.17, 15) is 4.79 Å². The Labute approximate surface area is 114 Å². The Balaban J connectivity index is 1.98. The van der Waals surface area contributed by atoms with Crippen molar-refractivity contribution < 1.29 is 9.53 Å². The third-order valence-corrected chi connectivity index (χ3v) is 3.69. The van der Waals surface area contributed by atoms with Crippen molar-refractivity contribution >= 4 is 5.91 Å². The number of aryl methyl sites for hydroxylation is 2. The summed E-state index contributed by atoms with van der Waals surface area (Å²) >= 11 is 0. The van der Waals surface area contributed by atoms with E-state index in [0.29, 0.717) is 6.54 Å². The number of rotatable bonds is 3. The Bertz CT molecular complexity index is 459. The van der Waals surface area contributed by atoms with Gasteiger partial charge in [-0.3, -0.25) is 4.79 Å². The number of hydrogen-bond donors (Lipinski definition) is 1. The molecular formula is C15H22N2O2. The summed E-state index contributed by atoms with van der Waals surface area (Å²) in [5.41, 5.74) is 7.89. The molecule has 0 radical (unpaired) electrons. The molecule has 1 saturated heterocycles. The summed E-state index contributed by atoms with van der Waals surface area (Å²) in [4.78, 5) is 13.4. The first-order valence-electron chi connectivity index (χ1n) is 6.82. The fraction of sp³-hybridized carbons (Fsp3) is 0.533. The first-order chi connectivity index (χ1) is 9.10. The molecule has 1 aliphatic heterocycles. The highest BCUT2D eigenvalue weighted by Crippen LogP contribution is 2.21. The Hall–Kier alpha value is -1.55. The Morgan fingerprint density at radius 1 is 1.42 bits per heavy atom. The average Bonchev–Trinajstić information content (AvgIpc) is 2.42. The van der Waals surface area contributed by atoms with Gasteiger partial charge in [-0.1, -0.05) is 6.07 Å². The van der Waals surface area contributed by atoms with Gasteiger partial charge in [0.1, 0.15) is 11.9 Å².